The van der Waals surface area contributed by atoms with Crippen LogP contribution in [-0.2, 0) is 9.53 Å². The first-order valence-electron chi connectivity index (χ1n) is 5.30. The van der Waals surface area contributed by atoms with Crippen LogP contribution < -0.4 is 10.6 Å². The number of thiophene rings is 1. The van der Waals surface area contributed by atoms with Gasteiger partial charge in [0.25, 0.3) is 5.91 Å². The Kier molecular flexibility index (Phi) is 6.27. The van der Waals surface area contributed by atoms with Gasteiger partial charge in [-0.25, -0.2) is 0 Å². The minimum absolute atomic E-state index is 0.0901. The van der Waals surface area contributed by atoms with Crippen LogP contribution in [0.5, 0.6) is 0 Å². The van der Waals surface area contributed by atoms with E-state index < -0.39 is 0 Å². The third-order valence-electron chi connectivity index (χ3n) is 2.05. The maximum atomic E-state index is 11.5. The molecule has 0 saturated carbocycles. The van der Waals surface area contributed by atoms with Crippen LogP contribution in [0.4, 0.5) is 0 Å². The van der Waals surface area contributed by atoms with Gasteiger partial charge in [0, 0.05) is 37.6 Å². The molecule has 1 aromatic rings. The summed E-state index contributed by atoms with van der Waals surface area (Å²) in [6, 6.07) is 1.75. The Morgan fingerprint density at radius 1 is 1.35 bits per heavy atom. The molecular formula is C11H16N2O3S. The van der Waals surface area contributed by atoms with Crippen LogP contribution in [0.3, 0.4) is 0 Å². The van der Waals surface area contributed by atoms with E-state index in [0.717, 1.165) is 0 Å². The van der Waals surface area contributed by atoms with Gasteiger partial charge >= 0.3 is 0 Å². The molecule has 17 heavy (non-hydrogen) atoms. The number of amides is 2. The van der Waals surface area contributed by atoms with Crippen LogP contribution in [0.2, 0.25) is 0 Å². The molecule has 2 amide bonds. The van der Waals surface area contributed by atoms with E-state index in [4.69, 9.17) is 4.74 Å². The lowest BCUT2D eigenvalue weighted by molar-refractivity contribution is -0.121. The number of hydrogen-bond acceptors (Lipinski definition) is 4. The number of nitrogens with one attached hydrogen (secondary N) is 2. The molecule has 0 radical (unpaired) electrons. The first-order chi connectivity index (χ1) is 8.24. The summed E-state index contributed by atoms with van der Waals surface area (Å²) in [5.41, 5.74) is 0.634. The van der Waals surface area contributed by atoms with Crippen molar-refractivity contribution in [3.05, 3.63) is 22.4 Å². The molecule has 5 nitrogen and oxygen atoms in total. The standard InChI is InChI=1S/C11H16N2O3S/c1-16-6-5-12-10(14)2-4-13-11(15)9-3-7-17-8-9/h3,7-8H,2,4-6H2,1H3,(H,12,14)(H,13,15). The van der Waals surface area contributed by atoms with Gasteiger partial charge in [-0.15, -0.1) is 0 Å². The second-order valence-electron chi connectivity index (χ2n) is 3.36. The van der Waals surface area contributed by atoms with Gasteiger partial charge in [0.1, 0.15) is 0 Å². The molecule has 0 fully saturated rings. The van der Waals surface area contributed by atoms with Crippen molar-refractivity contribution in [1.82, 2.24) is 10.6 Å². The maximum Gasteiger partial charge on any atom is 0.252 e. The lowest BCUT2D eigenvalue weighted by atomic mass is 10.3. The Hall–Kier alpha value is -1.40. The summed E-state index contributed by atoms with van der Waals surface area (Å²) in [6.45, 7) is 1.33. The molecule has 0 atom stereocenters. The van der Waals surface area contributed by atoms with Crippen LogP contribution in [0, 0.1) is 0 Å². The van der Waals surface area contributed by atoms with E-state index in [1.807, 2.05) is 5.38 Å². The fraction of sp³-hybridized carbons (Fsp3) is 0.455. The zero-order valence-electron chi connectivity index (χ0n) is 9.69. The quantitative estimate of drug-likeness (QED) is 0.703. The van der Waals surface area contributed by atoms with E-state index in [-0.39, 0.29) is 18.2 Å². The molecule has 0 aromatic carbocycles. The summed E-state index contributed by atoms with van der Waals surface area (Å²) < 4.78 is 4.80. The Morgan fingerprint density at radius 2 is 2.18 bits per heavy atom. The average Bonchev–Trinajstić information content (AvgIpc) is 2.82. The summed E-state index contributed by atoms with van der Waals surface area (Å²) in [4.78, 5) is 22.8. The fourth-order valence-electron chi connectivity index (χ4n) is 1.17. The van der Waals surface area contributed by atoms with Crippen LogP contribution >= 0.6 is 11.3 Å². The highest BCUT2D eigenvalue weighted by molar-refractivity contribution is 7.08. The van der Waals surface area contributed by atoms with Crippen molar-refractivity contribution in [3.63, 3.8) is 0 Å². The first kappa shape index (κ1) is 13.7. The van der Waals surface area contributed by atoms with Gasteiger partial charge in [-0.2, -0.15) is 11.3 Å². The number of rotatable bonds is 7. The molecule has 0 bridgehead atoms. The number of ether oxygens (including phenoxy) is 1. The van der Waals surface area contributed by atoms with Crippen molar-refractivity contribution in [2.24, 2.45) is 0 Å². The number of carbonyl (C=O) groups excluding carboxylic acids is 2. The second kappa shape index (κ2) is 7.81. The van der Waals surface area contributed by atoms with E-state index in [9.17, 15) is 9.59 Å². The summed E-state index contributed by atoms with van der Waals surface area (Å²) in [5, 5.41) is 8.97. The van der Waals surface area contributed by atoms with Crippen molar-refractivity contribution in [2.75, 3.05) is 26.8 Å². The largest absolute Gasteiger partial charge is 0.383 e. The van der Waals surface area contributed by atoms with E-state index in [1.165, 1.54) is 11.3 Å². The van der Waals surface area contributed by atoms with Crippen molar-refractivity contribution < 1.29 is 14.3 Å². The molecule has 0 unspecified atom stereocenters. The molecule has 94 valence electrons. The topological polar surface area (TPSA) is 67.4 Å². The molecule has 6 heteroatoms. The predicted molar refractivity (Wildman–Crippen MR) is 66.2 cm³/mol. The molecule has 0 aliphatic rings. The van der Waals surface area contributed by atoms with Crippen molar-refractivity contribution in [2.45, 2.75) is 6.42 Å². The Balaban J connectivity index is 2.11. The molecule has 0 saturated heterocycles. The van der Waals surface area contributed by atoms with Gasteiger partial charge in [0.15, 0.2) is 0 Å². The Bertz CT molecular complexity index is 352. The third-order valence-corrected chi connectivity index (χ3v) is 2.73. The maximum absolute atomic E-state index is 11.5. The number of carbonyl (C=O) groups is 2. The number of hydrogen-bond donors (Lipinski definition) is 2. The average molecular weight is 256 g/mol. The molecular weight excluding hydrogens is 240 g/mol. The smallest absolute Gasteiger partial charge is 0.252 e. The van der Waals surface area contributed by atoms with Crippen molar-refractivity contribution in [1.29, 1.82) is 0 Å². The van der Waals surface area contributed by atoms with E-state index in [0.29, 0.717) is 25.3 Å². The highest BCUT2D eigenvalue weighted by atomic mass is 32.1. The fourth-order valence-corrected chi connectivity index (χ4v) is 1.80. The van der Waals surface area contributed by atoms with E-state index >= 15 is 0 Å². The van der Waals surface area contributed by atoms with Crippen LogP contribution in [-0.4, -0.2) is 38.6 Å². The van der Waals surface area contributed by atoms with Gasteiger partial charge in [0.2, 0.25) is 5.91 Å². The minimum atomic E-state index is -0.143. The highest BCUT2D eigenvalue weighted by Crippen LogP contribution is 2.04. The van der Waals surface area contributed by atoms with Gasteiger partial charge in [-0.05, 0) is 11.4 Å². The summed E-state index contributed by atoms with van der Waals surface area (Å²) in [5.74, 6) is -0.233. The molecule has 0 aliphatic carbocycles. The van der Waals surface area contributed by atoms with Crippen LogP contribution in [0.1, 0.15) is 16.8 Å². The van der Waals surface area contributed by atoms with Gasteiger partial charge in [0.05, 0.1) is 6.61 Å². The molecule has 0 spiro atoms. The molecule has 1 heterocycles. The van der Waals surface area contributed by atoms with Crippen molar-refractivity contribution in [3.8, 4) is 0 Å². The Morgan fingerprint density at radius 3 is 2.82 bits per heavy atom. The first-order valence-corrected chi connectivity index (χ1v) is 6.24. The SMILES string of the molecule is COCCNC(=O)CCNC(=O)c1ccsc1. The normalized spacial score (nSPS) is 9.94. The molecule has 1 rings (SSSR count). The zero-order valence-corrected chi connectivity index (χ0v) is 10.5. The van der Waals surface area contributed by atoms with E-state index in [1.54, 1.807) is 18.6 Å². The Labute approximate surface area is 104 Å². The van der Waals surface area contributed by atoms with Crippen molar-refractivity contribution >= 4 is 23.2 Å². The minimum Gasteiger partial charge on any atom is -0.383 e. The third kappa shape index (κ3) is 5.46. The zero-order chi connectivity index (χ0) is 12.5. The van der Waals surface area contributed by atoms with Gasteiger partial charge in [-0.1, -0.05) is 0 Å². The van der Waals surface area contributed by atoms with Gasteiger partial charge in [-0.3, -0.25) is 9.59 Å². The molecule has 2 N–H and O–H groups in total. The monoisotopic (exact) mass is 256 g/mol. The van der Waals surface area contributed by atoms with Crippen LogP contribution in [0.25, 0.3) is 0 Å². The van der Waals surface area contributed by atoms with Crippen LogP contribution in [0.15, 0.2) is 16.8 Å². The second-order valence-corrected chi connectivity index (χ2v) is 4.14. The summed E-state index contributed by atoms with van der Waals surface area (Å²) >= 11 is 1.47. The lowest BCUT2D eigenvalue weighted by Gasteiger charge is -2.05. The summed E-state index contributed by atoms with van der Waals surface area (Å²) in [6.07, 6.45) is 0.277. The molecule has 1 aromatic heterocycles. The molecule has 0 aliphatic heterocycles. The summed E-state index contributed by atoms with van der Waals surface area (Å²) in [7, 11) is 1.58. The van der Waals surface area contributed by atoms with Gasteiger partial charge < -0.3 is 15.4 Å². The van der Waals surface area contributed by atoms with E-state index in [2.05, 4.69) is 10.6 Å². The lowest BCUT2D eigenvalue weighted by Crippen LogP contribution is -2.32. The predicted octanol–water partition coefficient (Wildman–Crippen LogP) is 0.631. The number of methoxy groups -OCH3 is 1. The highest BCUT2D eigenvalue weighted by Gasteiger charge is 2.06.